The lowest BCUT2D eigenvalue weighted by Gasteiger charge is -1.95. The summed E-state index contributed by atoms with van der Waals surface area (Å²) in [5, 5.41) is 7.20. The molecule has 0 spiro atoms. The summed E-state index contributed by atoms with van der Waals surface area (Å²) in [6.45, 7) is 5.71. The molecule has 0 unspecified atom stereocenters. The molecule has 1 aromatic heterocycles. The molecule has 0 amide bonds. The molecular formula is C7H15N5. The number of nitrogens with one attached hydrogen (secondary N) is 1. The zero-order valence-electron chi connectivity index (χ0n) is 7.54. The van der Waals surface area contributed by atoms with Crippen LogP contribution in [0.5, 0.6) is 0 Å². The van der Waals surface area contributed by atoms with Crippen LogP contribution in [-0.4, -0.2) is 21.3 Å². The highest BCUT2D eigenvalue weighted by molar-refractivity contribution is 5.30. The average Bonchev–Trinajstić information content (AvgIpc) is 2.43. The second-order valence-electron chi connectivity index (χ2n) is 2.54. The Kier molecular flexibility index (Phi) is 2.90. The summed E-state index contributed by atoms with van der Waals surface area (Å²) in [5.41, 5.74) is 5.57. The third-order valence-electron chi connectivity index (χ3n) is 1.53. The van der Waals surface area contributed by atoms with Crippen molar-refractivity contribution in [3.63, 3.8) is 0 Å². The number of aryl methyl sites for hydroxylation is 1. The predicted octanol–water partition coefficient (Wildman–Crippen LogP) is 0.702. The van der Waals surface area contributed by atoms with Crippen LogP contribution in [-0.2, 0) is 6.54 Å². The molecule has 68 valence electrons. The van der Waals surface area contributed by atoms with Crippen molar-refractivity contribution in [2.75, 3.05) is 17.6 Å². The van der Waals surface area contributed by atoms with E-state index >= 15 is 0 Å². The molecular weight excluding hydrogens is 154 g/mol. The van der Waals surface area contributed by atoms with E-state index in [1.807, 2.05) is 6.92 Å². The van der Waals surface area contributed by atoms with E-state index in [2.05, 4.69) is 22.3 Å². The van der Waals surface area contributed by atoms with Gasteiger partial charge in [0.05, 0.1) is 0 Å². The fourth-order valence-corrected chi connectivity index (χ4v) is 0.899. The molecule has 5 nitrogen and oxygen atoms in total. The van der Waals surface area contributed by atoms with Crippen LogP contribution in [0.4, 0.5) is 11.9 Å². The summed E-state index contributed by atoms with van der Waals surface area (Å²) in [6.07, 6.45) is 1.06. The van der Waals surface area contributed by atoms with Gasteiger partial charge in [0.2, 0.25) is 11.9 Å². The van der Waals surface area contributed by atoms with Gasteiger partial charge in [-0.2, -0.15) is 4.98 Å². The largest absolute Gasteiger partial charge is 0.368 e. The molecule has 0 atom stereocenters. The minimum absolute atomic E-state index is 0.469. The lowest BCUT2D eigenvalue weighted by molar-refractivity contribution is 0.670. The molecule has 0 saturated heterocycles. The van der Waals surface area contributed by atoms with Crippen molar-refractivity contribution in [3.8, 4) is 0 Å². The van der Waals surface area contributed by atoms with Gasteiger partial charge in [-0.1, -0.05) is 6.92 Å². The number of nitrogens with two attached hydrogens (primary N) is 1. The van der Waals surface area contributed by atoms with Gasteiger partial charge in [0.25, 0.3) is 0 Å². The lowest BCUT2D eigenvalue weighted by Crippen LogP contribution is -2.03. The molecule has 3 N–H and O–H groups in total. The Labute approximate surface area is 72.0 Å². The predicted molar refractivity (Wildman–Crippen MR) is 48.9 cm³/mol. The molecule has 1 aromatic rings. The summed E-state index contributed by atoms with van der Waals surface area (Å²) in [5.74, 6) is 1.09. The maximum atomic E-state index is 5.57. The first-order valence-corrected chi connectivity index (χ1v) is 4.22. The smallest absolute Gasteiger partial charge is 0.243 e. The first kappa shape index (κ1) is 8.83. The van der Waals surface area contributed by atoms with Crippen molar-refractivity contribution >= 4 is 11.9 Å². The maximum Gasteiger partial charge on any atom is 0.243 e. The Hall–Kier alpha value is -1.26. The third-order valence-corrected chi connectivity index (χ3v) is 1.53. The summed E-state index contributed by atoms with van der Waals surface area (Å²) in [4.78, 5) is 4.04. The Bertz CT molecular complexity index is 242. The van der Waals surface area contributed by atoms with Crippen LogP contribution in [0.3, 0.4) is 0 Å². The quantitative estimate of drug-likeness (QED) is 0.696. The maximum absolute atomic E-state index is 5.57. The number of rotatable bonds is 4. The summed E-state index contributed by atoms with van der Waals surface area (Å²) in [7, 11) is 0. The Morgan fingerprint density at radius 2 is 2.25 bits per heavy atom. The van der Waals surface area contributed by atoms with Gasteiger partial charge in [-0.05, 0) is 13.3 Å². The number of hydrogen-bond donors (Lipinski definition) is 2. The number of aromatic nitrogens is 3. The summed E-state index contributed by atoms with van der Waals surface area (Å²) in [6, 6.07) is 0. The topological polar surface area (TPSA) is 68.8 Å². The van der Waals surface area contributed by atoms with Crippen LogP contribution in [0.2, 0.25) is 0 Å². The summed E-state index contributed by atoms with van der Waals surface area (Å²) < 4.78 is 1.66. The second kappa shape index (κ2) is 3.94. The molecule has 1 rings (SSSR count). The van der Waals surface area contributed by atoms with E-state index in [-0.39, 0.29) is 0 Å². The van der Waals surface area contributed by atoms with Crippen molar-refractivity contribution in [2.45, 2.75) is 26.8 Å². The minimum Gasteiger partial charge on any atom is -0.368 e. The third kappa shape index (κ3) is 1.87. The van der Waals surface area contributed by atoms with E-state index < -0.39 is 0 Å². The Morgan fingerprint density at radius 1 is 1.50 bits per heavy atom. The van der Waals surface area contributed by atoms with Gasteiger partial charge >= 0.3 is 0 Å². The molecule has 0 bridgehead atoms. The molecule has 0 fully saturated rings. The number of nitrogens with zero attached hydrogens (tertiary/aromatic N) is 3. The average molecular weight is 169 g/mol. The molecule has 0 aromatic carbocycles. The van der Waals surface area contributed by atoms with Gasteiger partial charge in [0.1, 0.15) is 0 Å². The SMILES string of the molecule is CCCNc1nc(N)n(CC)n1. The van der Waals surface area contributed by atoms with Gasteiger partial charge < -0.3 is 11.1 Å². The fraction of sp³-hybridized carbons (Fsp3) is 0.714. The zero-order valence-corrected chi connectivity index (χ0v) is 7.54. The molecule has 12 heavy (non-hydrogen) atoms. The van der Waals surface area contributed by atoms with Crippen LogP contribution < -0.4 is 11.1 Å². The van der Waals surface area contributed by atoms with Gasteiger partial charge in [-0.25, -0.2) is 4.68 Å². The highest BCUT2D eigenvalue weighted by Gasteiger charge is 2.02. The monoisotopic (exact) mass is 169 g/mol. The van der Waals surface area contributed by atoms with E-state index in [0.717, 1.165) is 19.5 Å². The fourth-order valence-electron chi connectivity index (χ4n) is 0.899. The minimum atomic E-state index is 0.469. The molecule has 0 aliphatic heterocycles. The highest BCUT2D eigenvalue weighted by atomic mass is 15.4. The molecule has 0 saturated carbocycles. The first-order chi connectivity index (χ1) is 5.77. The second-order valence-corrected chi connectivity index (χ2v) is 2.54. The lowest BCUT2D eigenvalue weighted by atomic mass is 10.5. The normalized spacial score (nSPS) is 10.2. The van der Waals surface area contributed by atoms with Gasteiger partial charge in [-0.15, -0.1) is 5.10 Å². The van der Waals surface area contributed by atoms with Crippen molar-refractivity contribution in [1.29, 1.82) is 0 Å². The first-order valence-electron chi connectivity index (χ1n) is 4.22. The molecule has 0 aliphatic carbocycles. The Morgan fingerprint density at radius 3 is 2.75 bits per heavy atom. The molecule has 0 radical (unpaired) electrons. The number of nitrogen functional groups attached to an aromatic ring is 1. The van der Waals surface area contributed by atoms with Crippen molar-refractivity contribution < 1.29 is 0 Å². The van der Waals surface area contributed by atoms with E-state index in [4.69, 9.17) is 5.73 Å². The van der Waals surface area contributed by atoms with Crippen LogP contribution in [0, 0.1) is 0 Å². The van der Waals surface area contributed by atoms with E-state index in [1.54, 1.807) is 4.68 Å². The standard InChI is InChI=1S/C7H15N5/c1-3-5-9-7-10-6(8)12(4-2)11-7/h3-5H2,1-2H3,(H3,8,9,10,11). The molecule has 5 heteroatoms. The zero-order chi connectivity index (χ0) is 8.97. The van der Waals surface area contributed by atoms with Gasteiger partial charge in [0.15, 0.2) is 0 Å². The van der Waals surface area contributed by atoms with Crippen molar-refractivity contribution in [2.24, 2.45) is 0 Å². The van der Waals surface area contributed by atoms with Gasteiger partial charge in [0, 0.05) is 13.1 Å². The van der Waals surface area contributed by atoms with Crippen LogP contribution in [0.1, 0.15) is 20.3 Å². The van der Waals surface area contributed by atoms with E-state index in [9.17, 15) is 0 Å². The van der Waals surface area contributed by atoms with Crippen LogP contribution >= 0.6 is 0 Å². The van der Waals surface area contributed by atoms with Crippen molar-refractivity contribution in [3.05, 3.63) is 0 Å². The van der Waals surface area contributed by atoms with E-state index in [0.29, 0.717) is 11.9 Å². The molecule has 0 aliphatic rings. The number of anilines is 2. The van der Waals surface area contributed by atoms with Crippen molar-refractivity contribution in [1.82, 2.24) is 14.8 Å². The molecule has 1 heterocycles. The summed E-state index contributed by atoms with van der Waals surface area (Å²) >= 11 is 0. The number of hydrogen-bond acceptors (Lipinski definition) is 4. The van der Waals surface area contributed by atoms with E-state index in [1.165, 1.54) is 0 Å². The van der Waals surface area contributed by atoms with Crippen LogP contribution in [0.15, 0.2) is 0 Å². The van der Waals surface area contributed by atoms with Crippen LogP contribution in [0.25, 0.3) is 0 Å². The Balaban J connectivity index is 2.62. The van der Waals surface area contributed by atoms with Gasteiger partial charge in [-0.3, -0.25) is 0 Å². The highest BCUT2D eigenvalue weighted by Crippen LogP contribution is 2.03.